The Balaban J connectivity index is 2.33. The Morgan fingerprint density at radius 2 is 1.89 bits per heavy atom. The van der Waals surface area contributed by atoms with Gasteiger partial charge in [-0.3, -0.25) is 0 Å². The average molecular weight is 344 g/mol. The molecule has 0 aliphatic heterocycles. The van der Waals surface area contributed by atoms with Gasteiger partial charge in [0.05, 0.1) is 10.4 Å². The number of hydrogen-bond acceptors (Lipinski definition) is 3. The van der Waals surface area contributed by atoms with Gasteiger partial charge in [0, 0.05) is 16.8 Å². The van der Waals surface area contributed by atoms with Gasteiger partial charge in [0.1, 0.15) is 5.82 Å². The van der Waals surface area contributed by atoms with Crippen LogP contribution in [0.4, 0.5) is 4.39 Å². The molecule has 1 atom stereocenters. The van der Waals surface area contributed by atoms with E-state index in [-0.39, 0.29) is 12.4 Å². The van der Waals surface area contributed by atoms with Crippen LogP contribution >= 0.6 is 27.3 Å². The first-order valence-electron chi connectivity index (χ1n) is 5.91. The fourth-order valence-corrected chi connectivity index (χ4v) is 3.71. The largest absolute Gasteiger partial charge is 0.395 e. The van der Waals surface area contributed by atoms with Crippen molar-refractivity contribution in [3.8, 4) is 0 Å². The maximum Gasteiger partial charge on any atom is 0.123 e. The standard InChI is InChI=1S/C14H15BrFNOS/c15-13-6-5-12(19-13)7-14(8-17,9-18)10-1-3-11(16)4-2-10/h1-6,18H,7-9,17H2. The van der Waals surface area contributed by atoms with Gasteiger partial charge < -0.3 is 10.8 Å². The molecule has 0 fully saturated rings. The Hall–Kier alpha value is -0.750. The zero-order chi connectivity index (χ0) is 13.9. The maximum absolute atomic E-state index is 13.0. The van der Waals surface area contributed by atoms with E-state index in [1.807, 2.05) is 12.1 Å². The number of thiophene rings is 1. The lowest BCUT2D eigenvalue weighted by molar-refractivity contribution is 0.196. The number of nitrogens with two attached hydrogens (primary N) is 1. The van der Waals surface area contributed by atoms with Crippen molar-refractivity contribution in [3.05, 3.63) is 56.4 Å². The molecule has 0 aliphatic carbocycles. The van der Waals surface area contributed by atoms with Crippen molar-refractivity contribution < 1.29 is 9.50 Å². The van der Waals surface area contributed by atoms with E-state index in [4.69, 9.17) is 5.73 Å². The van der Waals surface area contributed by atoms with E-state index in [1.165, 1.54) is 12.1 Å². The van der Waals surface area contributed by atoms with Gasteiger partial charge in [-0.05, 0) is 52.2 Å². The smallest absolute Gasteiger partial charge is 0.123 e. The highest BCUT2D eigenvalue weighted by molar-refractivity contribution is 9.11. The van der Waals surface area contributed by atoms with Crippen molar-refractivity contribution >= 4 is 27.3 Å². The van der Waals surface area contributed by atoms with Crippen LogP contribution in [0.3, 0.4) is 0 Å². The summed E-state index contributed by atoms with van der Waals surface area (Å²) in [5.74, 6) is -0.286. The highest BCUT2D eigenvalue weighted by atomic mass is 79.9. The molecule has 19 heavy (non-hydrogen) atoms. The highest BCUT2D eigenvalue weighted by Gasteiger charge is 2.31. The summed E-state index contributed by atoms with van der Waals surface area (Å²) in [6.45, 7) is 0.245. The van der Waals surface area contributed by atoms with E-state index in [0.29, 0.717) is 13.0 Å². The van der Waals surface area contributed by atoms with Gasteiger partial charge in [0.25, 0.3) is 0 Å². The second-order valence-corrected chi connectivity index (χ2v) is 7.08. The summed E-state index contributed by atoms with van der Waals surface area (Å²) in [5.41, 5.74) is 6.19. The van der Waals surface area contributed by atoms with Gasteiger partial charge in [-0.15, -0.1) is 11.3 Å². The predicted octanol–water partition coefficient (Wildman–Crippen LogP) is 3.08. The van der Waals surface area contributed by atoms with Crippen LogP contribution in [0, 0.1) is 5.82 Å². The summed E-state index contributed by atoms with van der Waals surface area (Å²) in [4.78, 5) is 1.13. The molecule has 0 saturated carbocycles. The van der Waals surface area contributed by atoms with Crippen molar-refractivity contribution in [1.82, 2.24) is 0 Å². The molecule has 1 aromatic carbocycles. The van der Waals surface area contributed by atoms with Crippen molar-refractivity contribution in [2.24, 2.45) is 5.73 Å². The van der Waals surface area contributed by atoms with Gasteiger partial charge >= 0.3 is 0 Å². The second kappa shape index (κ2) is 6.13. The zero-order valence-electron chi connectivity index (χ0n) is 10.3. The number of benzene rings is 1. The topological polar surface area (TPSA) is 46.2 Å². The lowest BCUT2D eigenvalue weighted by atomic mass is 9.78. The SMILES string of the molecule is NCC(CO)(Cc1ccc(Br)s1)c1ccc(F)cc1. The van der Waals surface area contributed by atoms with Gasteiger partial charge in [0.2, 0.25) is 0 Å². The number of halogens is 2. The summed E-state index contributed by atoms with van der Waals surface area (Å²) < 4.78 is 14.1. The van der Waals surface area contributed by atoms with Gasteiger partial charge in [-0.25, -0.2) is 4.39 Å². The van der Waals surface area contributed by atoms with E-state index in [0.717, 1.165) is 14.2 Å². The third-order valence-corrected chi connectivity index (χ3v) is 4.92. The van der Waals surface area contributed by atoms with E-state index in [2.05, 4.69) is 15.9 Å². The summed E-state index contributed by atoms with van der Waals surface area (Å²) in [7, 11) is 0. The second-order valence-electron chi connectivity index (χ2n) is 4.53. The number of aliphatic hydroxyl groups excluding tert-OH is 1. The highest BCUT2D eigenvalue weighted by Crippen LogP contribution is 2.32. The Labute approximate surface area is 124 Å². The first kappa shape index (κ1) is 14.7. The molecule has 2 aromatic rings. The average Bonchev–Trinajstić information content (AvgIpc) is 2.82. The van der Waals surface area contributed by atoms with Crippen LogP contribution in [0.15, 0.2) is 40.2 Å². The number of hydrogen-bond donors (Lipinski definition) is 2. The van der Waals surface area contributed by atoms with Crippen molar-refractivity contribution in [2.45, 2.75) is 11.8 Å². The molecular formula is C14H15BrFNOS. The number of rotatable bonds is 5. The summed E-state index contributed by atoms with van der Waals surface area (Å²) in [6.07, 6.45) is 0.641. The maximum atomic E-state index is 13.0. The summed E-state index contributed by atoms with van der Waals surface area (Å²) in [6, 6.07) is 10.2. The van der Waals surface area contributed by atoms with Gasteiger partial charge in [0.15, 0.2) is 0 Å². The van der Waals surface area contributed by atoms with Gasteiger partial charge in [-0.2, -0.15) is 0 Å². The van der Waals surface area contributed by atoms with E-state index in [1.54, 1.807) is 23.5 Å². The minimum Gasteiger partial charge on any atom is -0.395 e. The van der Waals surface area contributed by atoms with E-state index in [9.17, 15) is 9.50 Å². The first-order valence-corrected chi connectivity index (χ1v) is 7.52. The van der Waals surface area contributed by atoms with Crippen molar-refractivity contribution in [1.29, 1.82) is 0 Å². The molecule has 0 spiro atoms. The molecule has 0 saturated heterocycles. The summed E-state index contributed by atoms with van der Waals surface area (Å²) >= 11 is 5.04. The molecule has 3 N–H and O–H groups in total. The Morgan fingerprint density at radius 1 is 1.21 bits per heavy atom. The first-order chi connectivity index (χ1) is 9.09. The molecular weight excluding hydrogens is 329 g/mol. The van der Waals surface area contributed by atoms with Crippen LogP contribution in [0.2, 0.25) is 0 Å². The van der Waals surface area contributed by atoms with Crippen LogP contribution in [0.5, 0.6) is 0 Å². The third kappa shape index (κ3) is 3.23. The minimum absolute atomic E-state index is 0.0648. The molecule has 0 amide bonds. The van der Waals surface area contributed by atoms with Crippen LogP contribution in [0.1, 0.15) is 10.4 Å². The molecule has 0 bridgehead atoms. The fraction of sp³-hybridized carbons (Fsp3) is 0.286. The van der Waals surface area contributed by atoms with E-state index < -0.39 is 5.41 Å². The molecule has 1 aromatic heterocycles. The zero-order valence-corrected chi connectivity index (χ0v) is 12.7. The van der Waals surface area contributed by atoms with Crippen LogP contribution in [0.25, 0.3) is 0 Å². The third-order valence-electron chi connectivity index (χ3n) is 3.29. The van der Waals surface area contributed by atoms with Gasteiger partial charge in [-0.1, -0.05) is 12.1 Å². The van der Waals surface area contributed by atoms with Crippen molar-refractivity contribution in [3.63, 3.8) is 0 Å². The van der Waals surface area contributed by atoms with Crippen LogP contribution < -0.4 is 5.73 Å². The van der Waals surface area contributed by atoms with Crippen molar-refractivity contribution in [2.75, 3.05) is 13.2 Å². The Morgan fingerprint density at radius 3 is 2.37 bits per heavy atom. The lowest BCUT2D eigenvalue weighted by Gasteiger charge is -2.30. The van der Waals surface area contributed by atoms with E-state index >= 15 is 0 Å². The Bertz CT molecular complexity index is 537. The quantitative estimate of drug-likeness (QED) is 0.876. The molecule has 1 heterocycles. The normalized spacial score (nSPS) is 14.3. The molecule has 0 aliphatic rings. The molecule has 5 heteroatoms. The summed E-state index contributed by atoms with van der Waals surface area (Å²) in [5, 5.41) is 9.79. The number of aliphatic hydroxyl groups is 1. The Kier molecular flexibility index (Phi) is 4.73. The predicted molar refractivity (Wildman–Crippen MR) is 79.9 cm³/mol. The van der Waals surface area contributed by atoms with Crippen LogP contribution in [-0.2, 0) is 11.8 Å². The molecule has 1 unspecified atom stereocenters. The molecule has 2 rings (SSSR count). The lowest BCUT2D eigenvalue weighted by Crippen LogP contribution is -2.40. The monoisotopic (exact) mass is 343 g/mol. The van der Waals surface area contributed by atoms with Crippen LogP contribution in [-0.4, -0.2) is 18.3 Å². The molecule has 2 nitrogen and oxygen atoms in total. The fourth-order valence-electron chi connectivity index (χ4n) is 2.09. The minimum atomic E-state index is -0.558. The molecule has 0 radical (unpaired) electrons. The molecule has 102 valence electrons.